The molecule has 0 aliphatic heterocycles. The topological polar surface area (TPSA) is 12.9 Å². The van der Waals surface area contributed by atoms with Crippen LogP contribution >= 0.6 is 0 Å². The van der Waals surface area contributed by atoms with Crippen molar-refractivity contribution in [3.8, 4) is 33.5 Å². The smallest absolute Gasteiger partial charge is 0.0702 e. The molecule has 0 aliphatic carbocycles. The molecule has 0 spiro atoms. The largest absolute Gasteiger partial charge is 0.256 e. The molecule has 37 heavy (non-hydrogen) atoms. The van der Waals surface area contributed by atoms with E-state index in [0.717, 1.165) is 11.3 Å². The summed E-state index contributed by atoms with van der Waals surface area (Å²) in [7, 11) is 0. The number of hydrogen-bond donors (Lipinski definition) is 0. The predicted molar refractivity (Wildman–Crippen MR) is 158 cm³/mol. The van der Waals surface area contributed by atoms with Crippen LogP contribution in [0.15, 0.2) is 134 Å². The molecule has 1 heteroatoms. The van der Waals surface area contributed by atoms with Crippen molar-refractivity contribution in [1.82, 2.24) is 4.98 Å². The van der Waals surface area contributed by atoms with Gasteiger partial charge in [0.05, 0.1) is 5.69 Å². The van der Waals surface area contributed by atoms with E-state index in [1.165, 1.54) is 60.1 Å². The molecule has 0 unspecified atom stereocenters. The van der Waals surface area contributed by atoms with Crippen LogP contribution in [0.25, 0.3) is 65.8 Å². The van der Waals surface area contributed by atoms with Crippen LogP contribution < -0.4 is 0 Å². The van der Waals surface area contributed by atoms with Gasteiger partial charge >= 0.3 is 0 Å². The van der Waals surface area contributed by atoms with E-state index in [1.54, 1.807) is 0 Å². The molecule has 0 saturated carbocycles. The Morgan fingerprint density at radius 2 is 0.946 bits per heavy atom. The first kappa shape index (κ1) is 21.5. The van der Waals surface area contributed by atoms with Gasteiger partial charge in [0.2, 0.25) is 0 Å². The zero-order chi connectivity index (χ0) is 24.8. The van der Waals surface area contributed by atoms with Crippen LogP contribution in [0, 0.1) is 6.92 Å². The number of benzene rings is 6. The first-order valence-electron chi connectivity index (χ1n) is 12.7. The van der Waals surface area contributed by atoms with Gasteiger partial charge in [-0.15, -0.1) is 0 Å². The maximum Gasteiger partial charge on any atom is 0.0702 e. The molecule has 7 rings (SSSR count). The quantitative estimate of drug-likeness (QED) is 0.234. The van der Waals surface area contributed by atoms with Gasteiger partial charge in [0.25, 0.3) is 0 Å². The molecule has 0 aliphatic rings. The van der Waals surface area contributed by atoms with Crippen molar-refractivity contribution in [3.05, 3.63) is 139 Å². The first-order valence-corrected chi connectivity index (χ1v) is 12.7. The lowest BCUT2D eigenvalue weighted by Crippen LogP contribution is -1.91. The highest BCUT2D eigenvalue weighted by Crippen LogP contribution is 2.44. The molecule has 0 fully saturated rings. The molecule has 1 aromatic heterocycles. The highest BCUT2D eigenvalue weighted by molar-refractivity contribution is 6.21. The molecule has 1 nitrogen and oxygen atoms in total. The normalized spacial score (nSPS) is 11.4. The zero-order valence-corrected chi connectivity index (χ0v) is 20.6. The SMILES string of the molecule is Cc1ccc(-c2ccc(-c3c4ccccc4c(-c4ccc5ccccc5c4)c4ccccc34)cc2)nc1. The first-order chi connectivity index (χ1) is 18.3. The van der Waals surface area contributed by atoms with E-state index < -0.39 is 0 Å². The Bertz CT molecular complexity index is 1860. The van der Waals surface area contributed by atoms with E-state index in [4.69, 9.17) is 0 Å². The number of aromatic nitrogens is 1. The number of rotatable bonds is 3. The molecule has 7 aromatic rings. The van der Waals surface area contributed by atoms with Crippen LogP contribution in [0.1, 0.15) is 5.56 Å². The number of hydrogen-bond acceptors (Lipinski definition) is 1. The Morgan fingerprint density at radius 1 is 0.432 bits per heavy atom. The van der Waals surface area contributed by atoms with Gasteiger partial charge in [0.1, 0.15) is 0 Å². The lowest BCUT2D eigenvalue weighted by Gasteiger charge is -2.18. The molecular formula is C36H25N. The Hall–Kier alpha value is -4.75. The van der Waals surface area contributed by atoms with E-state index in [0.29, 0.717) is 0 Å². The van der Waals surface area contributed by atoms with Crippen molar-refractivity contribution in [2.45, 2.75) is 6.92 Å². The van der Waals surface area contributed by atoms with Gasteiger partial charge in [-0.2, -0.15) is 0 Å². The van der Waals surface area contributed by atoms with Gasteiger partial charge in [-0.25, -0.2) is 0 Å². The summed E-state index contributed by atoms with van der Waals surface area (Å²) in [4.78, 5) is 4.62. The fourth-order valence-electron chi connectivity index (χ4n) is 5.54. The predicted octanol–water partition coefficient (Wildman–Crippen LogP) is 9.85. The van der Waals surface area contributed by atoms with Crippen molar-refractivity contribution >= 4 is 32.3 Å². The Morgan fingerprint density at radius 3 is 1.54 bits per heavy atom. The highest BCUT2D eigenvalue weighted by Gasteiger charge is 2.16. The van der Waals surface area contributed by atoms with Crippen molar-refractivity contribution in [3.63, 3.8) is 0 Å². The lowest BCUT2D eigenvalue weighted by atomic mass is 9.85. The van der Waals surface area contributed by atoms with Crippen LogP contribution in [-0.4, -0.2) is 4.98 Å². The maximum atomic E-state index is 4.62. The third-order valence-corrected chi connectivity index (χ3v) is 7.35. The van der Waals surface area contributed by atoms with Gasteiger partial charge < -0.3 is 0 Å². The molecule has 6 aromatic carbocycles. The average molecular weight is 472 g/mol. The third-order valence-electron chi connectivity index (χ3n) is 7.35. The molecule has 0 N–H and O–H groups in total. The van der Waals surface area contributed by atoms with Crippen LogP contribution in [0.4, 0.5) is 0 Å². The Labute approximate surface area is 216 Å². The van der Waals surface area contributed by atoms with Gasteiger partial charge in [-0.05, 0) is 79.2 Å². The van der Waals surface area contributed by atoms with Crippen LogP contribution in [0.2, 0.25) is 0 Å². The standard InChI is InChI=1S/C36H25N/c1-24-14-21-34(37-23-24)26-16-18-27(19-17-26)35-30-10-4-6-12-32(30)36(33-13-7-5-11-31(33)35)29-20-15-25-8-2-3-9-28(25)22-29/h2-23H,1H3. The van der Waals surface area contributed by atoms with E-state index >= 15 is 0 Å². The summed E-state index contributed by atoms with van der Waals surface area (Å²) >= 11 is 0. The van der Waals surface area contributed by atoms with E-state index in [9.17, 15) is 0 Å². The summed E-state index contributed by atoms with van der Waals surface area (Å²) in [6.45, 7) is 2.07. The minimum atomic E-state index is 0.999. The molecule has 0 amide bonds. The Balaban J connectivity index is 1.48. The van der Waals surface area contributed by atoms with E-state index in [2.05, 4.69) is 139 Å². The second kappa shape index (κ2) is 8.72. The maximum absolute atomic E-state index is 4.62. The number of aryl methyl sites for hydroxylation is 1. The second-order valence-electron chi connectivity index (χ2n) is 9.70. The fourth-order valence-corrected chi connectivity index (χ4v) is 5.54. The summed E-state index contributed by atoms with van der Waals surface area (Å²) in [6, 6.07) is 46.1. The van der Waals surface area contributed by atoms with Gasteiger partial charge in [0, 0.05) is 11.8 Å². The second-order valence-corrected chi connectivity index (χ2v) is 9.70. The molecule has 0 bridgehead atoms. The minimum Gasteiger partial charge on any atom is -0.256 e. The van der Waals surface area contributed by atoms with E-state index in [-0.39, 0.29) is 0 Å². The highest BCUT2D eigenvalue weighted by atomic mass is 14.7. The molecular weight excluding hydrogens is 446 g/mol. The van der Waals surface area contributed by atoms with Crippen molar-refractivity contribution in [2.75, 3.05) is 0 Å². The van der Waals surface area contributed by atoms with Gasteiger partial charge in [0.15, 0.2) is 0 Å². The molecule has 174 valence electrons. The average Bonchev–Trinajstić information content (AvgIpc) is 2.96. The summed E-state index contributed by atoms with van der Waals surface area (Å²) < 4.78 is 0. The van der Waals surface area contributed by atoms with Gasteiger partial charge in [-0.3, -0.25) is 4.98 Å². The van der Waals surface area contributed by atoms with Crippen molar-refractivity contribution in [2.24, 2.45) is 0 Å². The number of fused-ring (bicyclic) bond motifs is 3. The van der Waals surface area contributed by atoms with Crippen LogP contribution in [0.3, 0.4) is 0 Å². The fraction of sp³-hybridized carbons (Fsp3) is 0.0278. The molecule has 0 saturated heterocycles. The molecule has 0 atom stereocenters. The Kier molecular flexibility index (Phi) is 5.08. The number of pyridine rings is 1. The molecule has 1 heterocycles. The summed E-state index contributed by atoms with van der Waals surface area (Å²) in [6.07, 6.45) is 1.93. The summed E-state index contributed by atoms with van der Waals surface area (Å²) in [5, 5.41) is 7.61. The summed E-state index contributed by atoms with van der Waals surface area (Å²) in [5.74, 6) is 0. The summed E-state index contributed by atoms with van der Waals surface area (Å²) in [5.41, 5.74) is 8.33. The molecule has 0 radical (unpaired) electrons. The minimum absolute atomic E-state index is 0.999. The van der Waals surface area contributed by atoms with Crippen LogP contribution in [0.5, 0.6) is 0 Å². The zero-order valence-electron chi connectivity index (χ0n) is 20.6. The lowest BCUT2D eigenvalue weighted by molar-refractivity contribution is 1.27. The van der Waals surface area contributed by atoms with Crippen LogP contribution in [-0.2, 0) is 0 Å². The van der Waals surface area contributed by atoms with Crippen molar-refractivity contribution in [1.29, 1.82) is 0 Å². The third kappa shape index (κ3) is 3.68. The van der Waals surface area contributed by atoms with Gasteiger partial charge in [-0.1, -0.05) is 115 Å². The number of nitrogens with zero attached hydrogens (tertiary/aromatic N) is 1. The monoisotopic (exact) mass is 471 g/mol. The van der Waals surface area contributed by atoms with Crippen molar-refractivity contribution < 1.29 is 0 Å². The van der Waals surface area contributed by atoms with E-state index in [1.807, 2.05) is 6.20 Å².